The molecule has 1 fully saturated rings. The van der Waals surface area contributed by atoms with E-state index in [0.717, 1.165) is 11.5 Å². The Labute approximate surface area is 126 Å². The molecule has 0 radical (unpaired) electrons. The highest BCUT2D eigenvalue weighted by Crippen LogP contribution is 2.31. The quantitative estimate of drug-likeness (QED) is 0.915. The van der Waals surface area contributed by atoms with Gasteiger partial charge in [0.05, 0.1) is 11.6 Å². The standard InChI is InChI=1S/C11H13Cl2NO3S2/c12-9-6-10(13)11(5-8(9)7-15)19(16,17)14-1-3-18-4-2-14/h5-6,15H,1-4,7H2. The molecule has 0 saturated carbocycles. The van der Waals surface area contributed by atoms with Crippen molar-refractivity contribution < 1.29 is 13.5 Å². The molecule has 1 aliphatic heterocycles. The molecule has 0 bridgehead atoms. The predicted octanol–water partition coefficient (Wildman–Crippen LogP) is 2.22. The van der Waals surface area contributed by atoms with Gasteiger partial charge in [0, 0.05) is 29.6 Å². The second-order valence-corrected chi connectivity index (χ2v) is 7.99. The van der Waals surface area contributed by atoms with Gasteiger partial charge in [-0.3, -0.25) is 0 Å². The molecule has 8 heteroatoms. The largest absolute Gasteiger partial charge is 0.392 e. The number of thioether (sulfide) groups is 1. The Bertz CT molecular complexity index is 572. The van der Waals surface area contributed by atoms with Gasteiger partial charge in [-0.05, 0) is 17.7 Å². The van der Waals surface area contributed by atoms with Crippen molar-refractivity contribution >= 4 is 45.0 Å². The van der Waals surface area contributed by atoms with Crippen LogP contribution in [-0.4, -0.2) is 42.4 Å². The van der Waals surface area contributed by atoms with Gasteiger partial charge in [0.15, 0.2) is 0 Å². The molecule has 1 aromatic rings. The van der Waals surface area contributed by atoms with Gasteiger partial charge in [-0.25, -0.2) is 8.42 Å². The monoisotopic (exact) mass is 341 g/mol. The molecule has 0 unspecified atom stereocenters. The molecule has 1 aliphatic rings. The molecule has 2 rings (SSSR count). The Hall–Kier alpha value is 0.0200. The number of hydrogen-bond acceptors (Lipinski definition) is 4. The van der Waals surface area contributed by atoms with Crippen LogP contribution in [0.2, 0.25) is 10.0 Å². The van der Waals surface area contributed by atoms with Crippen LogP contribution < -0.4 is 0 Å². The molecule has 0 atom stereocenters. The van der Waals surface area contributed by atoms with E-state index in [2.05, 4.69) is 0 Å². The van der Waals surface area contributed by atoms with Crippen molar-refractivity contribution in [1.82, 2.24) is 4.31 Å². The molecule has 19 heavy (non-hydrogen) atoms. The van der Waals surface area contributed by atoms with E-state index >= 15 is 0 Å². The van der Waals surface area contributed by atoms with Gasteiger partial charge in [-0.2, -0.15) is 16.1 Å². The summed E-state index contributed by atoms with van der Waals surface area (Å²) in [4.78, 5) is 0.00881. The lowest BCUT2D eigenvalue weighted by atomic mass is 10.2. The Morgan fingerprint density at radius 3 is 2.42 bits per heavy atom. The van der Waals surface area contributed by atoms with Gasteiger partial charge < -0.3 is 5.11 Å². The first-order valence-corrected chi connectivity index (χ1v) is 8.98. The van der Waals surface area contributed by atoms with Gasteiger partial charge >= 0.3 is 0 Å². The Balaban J connectivity index is 2.44. The number of hydrogen-bond donors (Lipinski definition) is 1. The third-order valence-corrected chi connectivity index (χ3v) is 6.52. The minimum Gasteiger partial charge on any atom is -0.392 e. The average Bonchev–Trinajstić information content (AvgIpc) is 2.39. The number of nitrogens with zero attached hydrogens (tertiary/aromatic N) is 1. The average molecular weight is 342 g/mol. The van der Waals surface area contributed by atoms with E-state index in [-0.39, 0.29) is 21.5 Å². The zero-order valence-corrected chi connectivity index (χ0v) is 13.1. The van der Waals surface area contributed by atoms with E-state index in [1.165, 1.54) is 16.4 Å². The lowest BCUT2D eigenvalue weighted by molar-refractivity contribution is 0.281. The third kappa shape index (κ3) is 3.20. The molecular formula is C11H13Cl2NO3S2. The smallest absolute Gasteiger partial charge is 0.244 e. The molecule has 1 aromatic carbocycles. The molecule has 0 spiro atoms. The van der Waals surface area contributed by atoms with Crippen molar-refractivity contribution in [2.24, 2.45) is 0 Å². The number of halogens is 2. The first kappa shape index (κ1) is 15.4. The van der Waals surface area contributed by atoms with Crippen LogP contribution in [0.4, 0.5) is 0 Å². The van der Waals surface area contributed by atoms with Crippen LogP contribution in [0.1, 0.15) is 5.56 Å². The van der Waals surface area contributed by atoms with E-state index in [1.807, 2.05) is 0 Å². The van der Waals surface area contributed by atoms with E-state index in [0.29, 0.717) is 18.7 Å². The highest BCUT2D eigenvalue weighted by molar-refractivity contribution is 7.99. The summed E-state index contributed by atoms with van der Waals surface area (Å²) in [6.07, 6.45) is 0. The second-order valence-electron chi connectivity index (χ2n) is 4.05. The molecule has 0 amide bonds. The SMILES string of the molecule is O=S(=O)(c1cc(CO)c(Cl)cc1Cl)N1CCSCC1. The number of benzene rings is 1. The molecule has 1 N–H and O–H groups in total. The second kappa shape index (κ2) is 6.20. The van der Waals surface area contributed by atoms with E-state index in [9.17, 15) is 13.5 Å². The molecule has 0 aliphatic carbocycles. The van der Waals surface area contributed by atoms with Gasteiger partial charge in [0.2, 0.25) is 10.0 Å². The van der Waals surface area contributed by atoms with Crippen molar-refractivity contribution in [2.75, 3.05) is 24.6 Å². The summed E-state index contributed by atoms with van der Waals surface area (Å²) in [5.74, 6) is 1.55. The molecule has 0 aromatic heterocycles. The van der Waals surface area contributed by atoms with Crippen molar-refractivity contribution in [2.45, 2.75) is 11.5 Å². The number of aliphatic hydroxyl groups excluding tert-OH is 1. The van der Waals surface area contributed by atoms with Crippen LogP contribution in [0.25, 0.3) is 0 Å². The van der Waals surface area contributed by atoms with E-state index < -0.39 is 10.0 Å². The fourth-order valence-corrected chi connectivity index (χ4v) is 5.22. The fraction of sp³-hybridized carbons (Fsp3) is 0.455. The molecule has 106 valence electrons. The van der Waals surface area contributed by atoms with Crippen LogP contribution in [0.3, 0.4) is 0 Å². The first-order valence-electron chi connectivity index (χ1n) is 5.63. The Kier molecular flexibility index (Phi) is 5.03. The lowest BCUT2D eigenvalue weighted by Crippen LogP contribution is -2.38. The zero-order chi connectivity index (χ0) is 14.0. The fourth-order valence-electron chi connectivity index (χ4n) is 1.82. The van der Waals surface area contributed by atoms with Crippen molar-refractivity contribution in [3.8, 4) is 0 Å². The highest BCUT2D eigenvalue weighted by atomic mass is 35.5. The van der Waals surface area contributed by atoms with Crippen LogP contribution in [0.5, 0.6) is 0 Å². The Morgan fingerprint density at radius 1 is 1.21 bits per heavy atom. The summed E-state index contributed by atoms with van der Waals surface area (Å²) in [6, 6.07) is 2.71. The topological polar surface area (TPSA) is 57.6 Å². The van der Waals surface area contributed by atoms with Crippen molar-refractivity contribution in [1.29, 1.82) is 0 Å². The maximum absolute atomic E-state index is 12.5. The molecule has 4 nitrogen and oxygen atoms in total. The third-order valence-electron chi connectivity index (χ3n) is 2.86. The first-order chi connectivity index (χ1) is 8.96. The highest BCUT2D eigenvalue weighted by Gasteiger charge is 2.28. The summed E-state index contributed by atoms with van der Waals surface area (Å²) in [5.41, 5.74) is 0.357. The molecular weight excluding hydrogens is 329 g/mol. The maximum atomic E-state index is 12.5. The van der Waals surface area contributed by atoms with Gasteiger partial charge in [0.25, 0.3) is 0 Å². The van der Waals surface area contributed by atoms with Gasteiger partial charge in [-0.15, -0.1) is 0 Å². The number of rotatable bonds is 3. The van der Waals surface area contributed by atoms with Gasteiger partial charge in [-0.1, -0.05) is 23.2 Å². The molecule has 1 saturated heterocycles. The van der Waals surface area contributed by atoms with E-state index in [1.54, 1.807) is 11.8 Å². The minimum atomic E-state index is -3.62. The zero-order valence-electron chi connectivity index (χ0n) is 9.97. The van der Waals surface area contributed by atoms with Crippen LogP contribution in [0.15, 0.2) is 17.0 Å². The Morgan fingerprint density at radius 2 is 1.84 bits per heavy atom. The summed E-state index contributed by atoms with van der Waals surface area (Å²) >= 11 is 13.6. The van der Waals surface area contributed by atoms with Crippen LogP contribution >= 0.6 is 35.0 Å². The number of aliphatic hydroxyl groups is 1. The number of sulfonamides is 1. The normalized spacial score (nSPS) is 17.6. The summed E-state index contributed by atoms with van der Waals surface area (Å²) in [7, 11) is -3.62. The molecule has 1 heterocycles. The predicted molar refractivity (Wildman–Crippen MR) is 78.5 cm³/mol. The summed E-state index contributed by atoms with van der Waals surface area (Å²) in [5, 5.41) is 9.52. The maximum Gasteiger partial charge on any atom is 0.244 e. The van der Waals surface area contributed by atoms with Gasteiger partial charge in [0.1, 0.15) is 4.90 Å². The summed E-state index contributed by atoms with van der Waals surface area (Å²) in [6.45, 7) is 0.620. The van der Waals surface area contributed by atoms with Crippen molar-refractivity contribution in [3.05, 3.63) is 27.7 Å². The van der Waals surface area contributed by atoms with Crippen LogP contribution in [-0.2, 0) is 16.6 Å². The van der Waals surface area contributed by atoms with Crippen molar-refractivity contribution in [3.63, 3.8) is 0 Å². The lowest BCUT2D eigenvalue weighted by Gasteiger charge is -2.26. The summed E-state index contributed by atoms with van der Waals surface area (Å²) < 4.78 is 26.4. The van der Waals surface area contributed by atoms with Crippen LogP contribution in [0, 0.1) is 0 Å². The minimum absolute atomic E-state index is 0.00881. The van der Waals surface area contributed by atoms with E-state index in [4.69, 9.17) is 23.2 Å².